The number of carbonyl (C=O) groups excluding carboxylic acids is 1. The molecule has 1 saturated heterocycles. The van der Waals surface area contributed by atoms with Crippen molar-refractivity contribution in [1.29, 1.82) is 0 Å². The summed E-state index contributed by atoms with van der Waals surface area (Å²) in [5, 5.41) is 6.73. The van der Waals surface area contributed by atoms with Gasteiger partial charge >= 0.3 is 0 Å². The summed E-state index contributed by atoms with van der Waals surface area (Å²) in [4.78, 5) is 26.2. The third kappa shape index (κ3) is 6.68. The number of benzene rings is 2. The second kappa shape index (κ2) is 12.8. The van der Waals surface area contributed by atoms with E-state index in [4.69, 9.17) is 37.4 Å². The Hall–Kier alpha value is -3.15. The minimum atomic E-state index is -0.237. The van der Waals surface area contributed by atoms with Crippen molar-refractivity contribution in [3.05, 3.63) is 63.3 Å². The summed E-state index contributed by atoms with van der Waals surface area (Å²) in [5.41, 5.74) is 2.88. The summed E-state index contributed by atoms with van der Waals surface area (Å²) in [6.07, 6.45) is 3.24. The molecule has 0 saturated carbocycles. The van der Waals surface area contributed by atoms with Crippen LogP contribution in [0, 0.1) is 0 Å². The second-order valence-electron chi connectivity index (χ2n) is 10.4. The molecule has 41 heavy (non-hydrogen) atoms. The molecule has 3 aromatic rings. The molecule has 0 radical (unpaired) electrons. The number of likely N-dealkylation sites (tertiary alicyclic amines) is 1. The number of hydrogen-bond acceptors (Lipinski definition) is 9. The van der Waals surface area contributed by atoms with E-state index in [0.717, 1.165) is 37.1 Å². The van der Waals surface area contributed by atoms with Crippen molar-refractivity contribution in [3.63, 3.8) is 0 Å². The molecule has 218 valence electrons. The fourth-order valence-corrected chi connectivity index (χ4v) is 5.36. The molecule has 0 bridgehead atoms. The molecule has 5 rings (SSSR count). The van der Waals surface area contributed by atoms with Crippen molar-refractivity contribution in [3.8, 4) is 17.4 Å². The lowest BCUT2D eigenvalue weighted by Gasteiger charge is -2.29. The smallest absolute Gasteiger partial charge is 0.253 e. The number of nitrogens with one attached hydrogen (secondary N) is 2. The Kier molecular flexibility index (Phi) is 9.16. The Bertz CT molecular complexity index is 1420. The largest absolute Gasteiger partial charge is 0.495 e. The first-order valence-electron chi connectivity index (χ1n) is 13.5. The summed E-state index contributed by atoms with van der Waals surface area (Å²) in [5.74, 6) is 1.18. The number of fused-ring (bicyclic) bond motifs is 1. The van der Waals surface area contributed by atoms with Crippen molar-refractivity contribution >= 4 is 40.7 Å². The van der Waals surface area contributed by atoms with Gasteiger partial charge in [-0.25, -0.2) is 4.98 Å². The highest BCUT2D eigenvalue weighted by molar-refractivity contribution is 6.34. The number of anilines is 2. The highest BCUT2D eigenvalue weighted by Gasteiger charge is 2.24. The number of carbonyl (C=O) groups is 1. The third-order valence-electron chi connectivity index (χ3n) is 7.57. The van der Waals surface area contributed by atoms with E-state index in [0.29, 0.717) is 36.1 Å². The van der Waals surface area contributed by atoms with E-state index >= 15 is 0 Å². The van der Waals surface area contributed by atoms with Crippen LogP contribution in [0.1, 0.15) is 47.3 Å². The highest BCUT2D eigenvalue weighted by atomic mass is 35.5. The predicted molar refractivity (Wildman–Crippen MR) is 159 cm³/mol. The Labute approximate surface area is 249 Å². The monoisotopic (exact) mass is 600 g/mol. The van der Waals surface area contributed by atoms with Gasteiger partial charge in [0.25, 0.3) is 5.91 Å². The van der Waals surface area contributed by atoms with E-state index < -0.39 is 0 Å². The van der Waals surface area contributed by atoms with Gasteiger partial charge in [0.2, 0.25) is 11.8 Å². The van der Waals surface area contributed by atoms with Crippen LogP contribution in [0.25, 0.3) is 0 Å². The average molecular weight is 602 g/mol. The van der Waals surface area contributed by atoms with Gasteiger partial charge in [-0.2, -0.15) is 4.98 Å². The molecule has 1 fully saturated rings. The Morgan fingerprint density at radius 2 is 1.90 bits per heavy atom. The number of nitrogens with zero attached hydrogens (tertiary/aromatic N) is 4. The molecular formula is C29H34Cl2N6O4. The first-order chi connectivity index (χ1) is 19.7. The van der Waals surface area contributed by atoms with Crippen LogP contribution in [0.2, 0.25) is 10.0 Å². The first-order valence-corrected chi connectivity index (χ1v) is 14.2. The quantitative estimate of drug-likeness (QED) is 0.357. The van der Waals surface area contributed by atoms with Crippen LogP contribution in [0.5, 0.6) is 17.4 Å². The Balaban J connectivity index is 1.36. The number of aromatic nitrogens is 2. The van der Waals surface area contributed by atoms with Crippen molar-refractivity contribution in [2.45, 2.75) is 38.5 Å². The Morgan fingerprint density at radius 1 is 1.12 bits per heavy atom. The van der Waals surface area contributed by atoms with Gasteiger partial charge in [-0.05, 0) is 70.7 Å². The lowest BCUT2D eigenvalue weighted by atomic mass is 10.0. The topological polar surface area (TPSA) is 101 Å². The third-order valence-corrected chi connectivity index (χ3v) is 8.15. The van der Waals surface area contributed by atoms with Crippen LogP contribution in [-0.2, 0) is 11.3 Å². The minimum absolute atomic E-state index is 0.106. The van der Waals surface area contributed by atoms with Gasteiger partial charge in [0, 0.05) is 17.6 Å². The molecule has 2 N–H and O–H groups in total. The van der Waals surface area contributed by atoms with Gasteiger partial charge < -0.3 is 29.7 Å². The molecule has 1 atom stereocenters. The lowest BCUT2D eigenvalue weighted by Crippen LogP contribution is -2.43. The summed E-state index contributed by atoms with van der Waals surface area (Å²) in [7, 11) is 5.61. The van der Waals surface area contributed by atoms with Crippen LogP contribution >= 0.6 is 23.2 Å². The lowest BCUT2D eigenvalue weighted by molar-refractivity contribution is 0.0256. The van der Waals surface area contributed by atoms with E-state index in [-0.39, 0.29) is 39.9 Å². The number of rotatable bonds is 7. The maximum atomic E-state index is 13.0. The molecule has 10 nitrogen and oxygen atoms in total. The Morgan fingerprint density at radius 3 is 2.66 bits per heavy atom. The zero-order chi connectivity index (χ0) is 29.1. The molecule has 0 spiro atoms. The molecular weight excluding hydrogens is 567 g/mol. The number of amides is 1. The number of hydrogen-bond donors (Lipinski definition) is 2. The van der Waals surface area contributed by atoms with Gasteiger partial charge in [-0.3, -0.25) is 9.69 Å². The minimum Gasteiger partial charge on any atom is -0.495 e. The molecule has 2 aliphatic heterocycles. The standard InChI is InChI=1S/C29H34Cl2N6O4/c1-17-19-6-5-7-25(21(19)15-40-16-37(17)3)41-28-23(31)14-32-29(35-28)34-24-13-22(30)20(12-26(24)39-4)27(38)33-18-8-10-36(2)11-9-18/h5-7,12-14,17-18H,8-11,15-16H2,1-4H3,(H,33,38)(H,32,34,35)/t17-/m0/s1. The molecule has 3 heterocycles. The average Bonchev–Trinajstić information content (AvgIpc) is 3.10. The maximum absolute atomic E-state index is 13.0. The molecule has 0 aliphatic carbocycles. The number of piperidine rings is 1. The van der Waals surface area contributed by atoms with E-state index in [9.17, 15) is 4.79 Å². The van der Waals surface area contributed by atoms with Crippen molar-refractivity contribution in [2.24, 2.45) is 0 Å². The summed E-state index contributed by atoms with van der Waals surface area (Å²) in [6, 6.07) is 9.36. The van der Waals surface area contributed by atoms with Crippen LogP contribution in [-0.4, -0.2) is 72.7 Å². The van der Waals surface area contributed by atoms with E-state index in [1.807, 2.05) is 19.2 Å². The fraction of sp³-hybridized carbons (Fsp3) is 0.414. The van der Waals surface area contributed by atoms with E-state index in [1.165, 1.54) is 13.3 Å². The molecule has 2 aliphatic rings. The van der Waals surface area contributed by atoms with E-state index in [1.54, 1.807) is 12.1 Å². The van der Waals surface area contributed by atoms with Gasteiger partial charge in [0.1, 0.15) is 16.5 Å². The fourth-order valence-electron chi connectivity index (χ4n) is 4.98. The zero-order valence-corrected chi connectivity index (χ0v) is 25.1. The van der Waals surface area contributed by atoms with Gasteiger partial charge in [-0.1, -0.05) is 35.3 Å². The number of ether oxygens (including phenoxy) is 3. The highest BCUT2D eigenvalue weighted by Crippen LogP contribution is 2.37. The number of halogens is 2. The summed E-state index contributed by atoms with van der Waals surface area (Å²) >= 11 is 13.0. The maximum Gasteiger partial charge on any atom is 0.253 e. The van der Waals surface area contributed by atoms with Gasteiger partial charge in [0.15, 0.2) is 0 Å². The second-order valence-corrected chi connectivity index (χ2v) is 11.2. The summed E-state index contributed by atoms with van der Waals surface area (Å²) < 4.78 is 17.6. The SMILES string of the molecule is COc1cc(C(=O)NC2CCN(C)CC2)c(Cl)cc1Nc1ncc(Cl)c(Oc2cccc3c2COCN(C)[C@H]3C)n1. The van der Waals surface area contributed by atoms with Crippen LogP contribution in [0.4, 0.5) is 11.6 Å². The molecule has 1 amide bonds. The van der Waals surface area contributed by atoms with Crippen molar-refractivity contribution in [2.75, 3.05) is 46.3 Å². The van der Waals surface area contributed by atoms with Crippen molar-refractivity contribution in [1.82, 2.24) is 25.1 Å². The van der Waals surface area contributed by atoms with Crippen LogP contribution in [0.3, 0.4) is 0 Å². The molecule has 2 aromatic carbocycles. The predicted octanol–water partition coefficient (Wildman–Crippen LogP) is 5.63. The van der Waals surface area contributed by atoms with Gasteiger partial charge in [0.05, 0.1) is 42.9 Å². The first kappa shape index (κ1) is 29.3. The van der Waals surface area contributed by atoms with Crippen LogP contribution in [0.15, 0.2) is 36.5 Å². The van der Waals surface area contributed by atoms with E-state index in [2.05, 4.69) is 50.4 Å². The molecule has 12 heteroatoms. The van der Waals surface area contributed by atoms with Gasteiger partial charge in [-0.15, -0.1) is 0 Å². The molecule has 0 unspecified atom stereocenters. The number of methoxy groups -OCH3 is 1. The normalized spacial score (nSPS) is 18.3. The zero-order valence-electron chi connectivity index (χ0n) is 23.5. The van der Waals surface area contributed by atoms with Crippen molar-refractivity contribution < 1.29 is 19.0 Å². The van der Waals surface area contributed by atoms with Crippen LogP contribution < -0.4 is 20.1 Å². The summed E-state index contributed by atoms with van der Waals surface area (Å²) in [6.45, 7) is 4.92. The molecule has 1 aromatic heterocycles.